The van der Waals surface area contributed by atoms with Crippen molar-refractivity contribution < 1.29 is 29.6 Å². The van der Waals surface area contributed by atoms with Crippen molar-refractivity contribution in [2.45, 2.75) is 39.7 Å². The smallest absolute Gasteiger partial charge is 0.347 e. The highest BCUT2D eigenvalue weighted by Crippen LogP contribution is 2.52. The van der Waals surface area contributed by atoms with E-state index in [0.717, 1.165) is 0 Å². The van der Waals surface area contributed by atoms with Gasteiger partial charge in [-0.15, -0.1) is 0 Å². The van der Waals surface area contributed by atoms with Gasteiger partial charge in [0.25, 0.3) is 0 Å². The van der Waals surface area contributed by atoms with Crippen LogP contribution in [0.2, 0.25) is 5.02 Å². The van der Waals surface area contributed by atoms with Gasteiger partial charge < -0.3 is 24.8 Å². The van der Waals surface area contributed by atoms with E-state index in [0.29, 0.717) is 12.0 Å². The number of aromatic hydroxyl groups is 2. The maximum atomic E-state index is 12.7. The van der Waals surface area contributed by atoms with E-state index in [1.54, 1.807) is 27.7 Å². The molecule has 0 saturated heterocycles. The van der Waals surface area contributed by atoms with E-state index in [4.69, 9.17) is 21.1 Å². The number of hydrogen-bond donors (Lipinski definition) is 3. The molecule has 7 heteroatoms. The van der Waals surface area contributed by atoms with Crippen molar-refractivity contribution in [1.82, 2.24) is 0 Å². The van der Waals surface area contributed by atoms with Crippen LogP contribution in [-0.4, -0.2) is 21.3 Å². The van der Waals surface area contributed by atoms with E-state index in [-0.39, 0.29) is 50.5 Å². The lowest BCUT2D eigenvalue weighted by atomic mass is 9.90. The molecule has 0 aliphatic carbocycles. The number of hydrogen-bond acceptors (Lipinski definition) is 6. The molecule has 1 atom stereocenters. The Morgan fingerprint density at radius 1 is 1.08 bits per heavy atom. The van der Waals surface area contributed by atoms with E-state index in [1.807, 2.05) is 0 Å². The lowest BCUT2D eigenvalue weighted by Crippen LogP contribution is -2.21. The van der Waals surface area contributed by atoms with Crippen molar-refractivity contribution in [2.24, 2.45) is 0 Å². The largest absolute Gasteiger partial charge is 0.508 e. The van der Waals surface area contributed by atoms with E-state index in [1.165, 1.54) is 12.1 Å². The van der Waals surface area contributed by atoms with Gasteiger partial charge in [0.1, 0.15) is 22.1 Å². The molecule has 3 N–H and O–H groups in total. The second-order valence-corrected chi connectivity index (χ2v) is 6.95. The molecule has 3 rings (SSSR count). The predicted molar refractivity (Wildman–Crippen MR) is 95.6 cm³/mol. The Bertz CT molecular complexity index is 933. The summed E-state index contributed by atoms with van der Waals surface area (Å²) in [5.74, 6) is -1.07. The van der Waals surface area contributed by atoms with Gasteiger partial charge in [-0.2, -0.15) is 0 Å². The quantitative estimate of drug-likeness (QED) is 0.532. The first kappa shape index (κ1) is 18.4. The number of esters is 1. The Balaban J connectivity index is 2.38. The fourth-order valence-corrected chi connectivity index (χ4v) is 3.06. The van der Waals surface area contributed by atoms with Gasteiger partial charge in [-0.05, 0) is 44.9 Å². The topological polar surface area (TPSA) is 96.2 Å². The Labute approximate surface area is 155 Å². The highest BCUT2D eigenvalue weighted by atomic mass is 35.5. The number of ether oxygens (including phenoxy) is 2. The van der Waals surface area contributed by atoms with Crippen LogP contribution in [0.4, 0.5) is 0 Å². The monoisotopic (exact) mass is 378 g/mol. The molecule has 0 spiro atoms. The summed E-state index contributed by atoms with van der Waals surface area (Å²) in [7, 11) is 0. The number of phenols is 2. The first-order chi connectivity index (χ1) is 12.1. The molecule has 0 fully saturated rings. The first-order valence-electron chi connectivity index (χ1n) is 8.10. The van der Waals surface area contributed by atoms with Crippen LogP contribution >= 0.6 is 11.6 Å². The lowest BCUT2D eigenvalue weighted by Gasteiger charge is -2.26. The summed E-state index contributed by atoms with van der Waals surface area (Å²) in [5, 5.41) is 30.8. The molecular formula is C19H19ClO6. The first-order valence-corrected chi connectivity index (χ1v) is 8.47. The normalized spacial score (nSPS) is 15.2. The molecule has 1 heterocycles. The fourth-order valence-electron chi connectivity index (χ4n) is 2.88. The number of fused-ring (bicyclic) bond motifs is 2. The van der Waals surface area contributed by atoms with Gasteiger partial charge in [-0.25, -0.2) is 4.79 Å². The minimum absolute atomic E-state index is 0.00452. The SMILES string of the molecule is CC[C@](C)(O)c1cc(O)c(C)c2c1Oc1c(Cl)c(O)cc(C)c1C(=O)O2. The van der Waals surface area contributed by atoms with E-state index in [2.05, 4.69) is 0 Å². The fraction of sp³-hybridized carbons (Fsp3) is 0.316. The van der Waals surface area contributed by atoms with Gasteiger partial charge in [0.15, 0.2) is 17.2 Å². The number of halogens is 1. The standard InChI is InChI=1S/C19H19ClO6/c1-5-19(4,24)10-7-11(21)9(3)15-16(10)25-17-13(18(23)26-15)8(2)6-12(22)14(17)20/h6-7,21-22,24H,5H2,1-4H3/t19-/m0/s1. The second-order valence-electron chi connectivity index (χ2n) is 6.58. The van der Waals surface area contributed by atoms with Crippen LogP contribution in [0.1, 0.15) is 47.3 Å². The third-order valence-electron chi connectivity index (χ3n) is 4.73. The molecule has 2 aromatic rings. The highest BCUT2D eigenvalue weighted by Gasteiger charge is 2.36. The number of aliphatic hydroxyl groups is 1. The molecule has 0 saturated carbocycles. The zero-order valence-corrected chi connectivity index (χ0v) is 15.6. The van der Waals surface area contributed by atoms with Crippen LogP contribution in [0.3, 0.4) is 0 Å². The third-order valence-corrected chi connectivity index (χ3v) is 5.09. The summed E-state index contributed by atoms with van der Waals surface area (Å²) in [6.45, 7) is 6.51. The van der Waals surface area contributed by atoms with Crippen LogP contribution in [0, 0.1) is 13.8 Å². The Hall–Kier alpha value is -2.44. The molecule has 138 valence electrons. The Kier molecular flexibility index (Phi) is 4.29. The molecule has 0 amide bonds. The third kappa shape index (κ3) is 2.66. The second kappa shape index (κ2) is 6.07. The summed E-state index contributed by atoms with van der Waals surface area (Å²) in [4.78, 5) is 12.7. The van der Waals surface area contributed by atoms with E-state index >= 15 is 0 Å². The molecule has 1 aliphatic rings. The number of benzene rings is 2. The van der Waals surface area contributed by atoms with Crippen LogP contribution in [0.25, 0.3) is 0 Å². The van der Waals surface area contributed by atoms with Gasteiger partial charge in [-0.1, -0.05) is 18.5 Å². The number of rotatable bonds is 2. The van der Waals surface area contributed by atoms with Crippen molar-refractivity contribution in [3.63, 3.8) is 0 Å². The molecular weight excluding hydrogens is 360 g/mol. The van der Waals surface area contributed by atoms with Gasteiger partial charge in [-0.3, -0.25) is 0 Å². The van der Waals surface area contributed by atoms with Crippen molar-refractivity contribution in [3.8, 4) is 28.7 Å². The summed E-state index contributed by atoms with van der Waals surface area (Å²) in [5.41, 5.74) is -0.328. The Morgan fingerprint density at radius 3 is 2.35 bits per heavy atom. The van der Waals surface area contributed by atoms with Crippen molar-refractivity contribution in [3.05, 3.63) is 39.4 Å². The van der Waals surface area contributed by atoms with Crippen LogP contribution in [0.5, 0.6) is 28.7 Å². The average Bonchev–Trinajstić information content (AvgIpc) is 2.73. The number of aryl methyl sites for hydroxylation is 1. The van der Waals surface area contributed by atoms with E-state index in [9.17, 15) is 20.1 Å². The number of carbonyl (C=O) groups excluding carboxylic acids is 1. The van der Waals surface area contributed by atoms with Gasteiger partial charge in [0, 0.05) is 11.1 Å². The molecule has 1 aliphatic heterocycles. The minimum Gasteiger partial charge on any atom is -0.508 e. The summed E-state index contributed by atoms with van der Waals surface area (Å²) in [6.07, 6.45) is 0.318. The molecule has 0 unspecified atom stereocenters. The number of phenolic OH excluding ortho intramolecular Hbond substituents is 2. The number of carbonyl (C=O) groups is 1. The molecule has 26 heavy (non-hydrogen) atoms. The molecule has 0 aromatic heterocycles. The minimum atomic E-state index is -1.36. The average molecular weight is 379 g/mol. The summed E-state index contributed by atoms with van der Waals surface area (Å²) in [6, 6.07) is 2.72. The van der Waals surface area contributed by atoms with Crippen LogP contribution < -0.4 is 9.47 Å². The molecule has 0 radical (unpaired) electrons. The van der Waals surface area contributed by atoms with Crippen molar-refractivity contribution >= 4 is 17.6 Å². The Morgan fingerprint density at radius 2 is 1.73 bits per heavy atom. The van der Waals surface area contributed by atoms with Gasteiger partial charge in [0.05, 0.1) is 5.60 Å². The molecule has 6 nitrogen and oxygen atoms in total. The van der Waals surface area contributed by atoms with Crippen LogP contribution in [0.15, 0.2) is 12.1 Å². The van der Waals surface area contributed by atoms with Gasteiger partial charge >= 0.3 is 5.97 Å². The van der Waals surface area contributed by atoms with Crippen molar-refractivity contribution in [2.75, 3.05) is 0 Å². The maximum Gasteiger partial charge on any atom is 0.347 e. The zero-order valence-electron chi connectivity index (χ0n) is 14.8. The van der Waals surface area contributed by atoms with Crippen LogP contribution in [-0.2, 0) is 5.60 Å². The molecule has 2 aromatic carbocycles. The predicted octanol–water partition coefficient (Wildman–Crippen LogP) is 4.31. The maximum absolute atomic E-state index is 12.7. The van der Waals surface area contributed by atoms with E-state index < -0.39 is 11.6 Å². The summed E-state index contributed by atoms with van der Waals surface area (Å²) >= 11 is 6.16. The highest BCUT2D eigenvalue weighted by molar-refractivity contribution is 6.34. The zero-order chi connectivity index (χ0) is 19.4. The molecule has 0 bridgehead atoms. The van der Waals surface area contributed by atoms with Crippen molar-refractivity contribution in [1.29, 1.82) is 0 Å². The van der Waals surface area contributed by atoms with Gasteiger partial charge in [0.2, 0.25) is 0 Å². The summed E-state index contributed by atoms with van der Waals surface area (Å²) < 4.78 is 11.4. The lowest BCUT2D eigenvalue weighted by molar-refractivity contribution is 0.0501.